The molecular weight excluding hydrogens is 552 g/mol. The van der Waals surface area contributed by atoms with Crippen molar-refractivity contribution in [2.45, 2.75) is 55.4 Å². The lowest BCUT2D eigenvalue weighted by Crippen LogP contribution is -1.71. The van der Waals surface area contributed by atoms with E-state index in [1.165, 1.54) is 22.3 Å². The Morgan fingerprint density at radius 1 is 0.318 bits per heavy atom. The van der Waals surface area contributed by atoms with Crippen molar-refractivity contribution < 1.29 is 17.7 Å². The van der Waals surface area contributed by atoms with Crippen LogP contribution in [0.1, 0.15) is 45.8 Å². The summed E-state index contributed by atoms with van der Waals surface area (Å²) in [6.45, 7) is 15.6. The van der Waals surface area contributed by atoms with Gasteiger partial charge in [-0.05, 0) is 98.5 Å². The van der Waals surface area contributed by atoms with Crippen LogP contribution in [0.15, 0.2) is 90.5 Å². The minimum absolute atomic E-state index is 0.727. The molecule has 0 unspecified atom stereocenters. The predicted molar refractivity (Wildman–Crippen MR) is 174 cm³/mol. The second kappa shape index (κ2) is 13.0. The van der Waals surface area contributed by atoms with Crippen LogP contribution >= 0.6 is 0 Å². The summed E-state index contributed by atoms with van der Waals surface area (Å²) < 4.78 is 21.2. The molecule has 0 saturated carbocycles. The molecule has 4 aromatic heterocycles. The number of aromatic nitrogens is 4. The standard InChI is InChI=1S/4C9H9NO/c4*1-6-3-4-9-8(5-6)10-7(2)11-9/h4*3-5H,1-2H3. The summed E-state index contributed by atoms with van der Waals surface area (Å²) in [5.41, 5.74) is 12.1. The Bertz CT molecular complexity index is 1870. The van der Waals surface area contributed by atoms with E-state index < -0.39 is 0 Å². The Balaban J connectivity index is 0.000000116. The summed E-state index contributed by atoms with van der Waals surface area (Å²) in [6.07, 6.45) is 0. The van der Waals surface area contributed by atoms with Gasteiger partial charge in [-0.2, -0.15) is 0 Å². The van der Waals surface area contributed by atoms with Crippen molar-refractivity contribution >= 4 is 44.4 Å². The summed E-state index contributed by atoms with van der Waals surface area (Å²) in [4.78, 5) is 16.8. The van der Waals surface area contributed by atoms with E-state index in [1.807, 2.05) is 128 Å². The lowest BCUT2D eigenvalue weighted by molar-refractivity contribution is 0.560. The van der Waals surface area contributed by atoms with Gasteiger partial charge in [0.15, 0.2) is 45.9 Å². The van der Waals surface area contributed by atoms with Crippen LogP contribution in [0.5, 0.6) is 0 Å². The Morgan fingerprint density at radius 3 is 0.727 bits per heavy atom. The third-order valence-corrected chi connectivity index (χ3v) is 6.60. The summed E-state index contributed by atoms with van der Waals surface area (Å²) in [5, 5.41) is 0. The fourth-order valence-electron chi connectivity index (χ4n) is 4.61. The third kappa shape index (κ3) is 7.58. The van der Waals surface area contributed by atoms with E-state index in [4.69, 9.17) is 17.7 Å². The fraction of sp³-hybridized carbons (Fsp3) is 0.222. The van der Waals surface area contributed by atoms with Gasteiger partial charge in [-0.15, -0.1) is 0 Å². The van der Waals surface area contributed by atoms with Gasteiger partial charge in [-0.25, -0.2) is 19.9 Å². The van der Waals surface area contributed by atoms with Gasteiger partial charge in [-0.1, -0.05) is 24.3 Å². The largest absolute Gasteiger partial charge is 0.441 e. The van der Waals surface area contributed by atoms with Crippen LogP contribution in [0, 0.1) is 55.4 Å². The molecule has 8 aromatic rings. The van der Waals surface area contributed by atoms with Crippen molar-refractivity contribution in [3.63, 3.8) is 0 Å². The van der Waals surface area contributed by atoms with Crippen LogP contribution in [0.25, 0.3) is 44.4 Å². The molecule has 8 nitrogen and oxygen atoms in total. The average Bonchev–Trinajstić information content (AvgIpc) is 3.71. The minimum Gasteiger partial charge on any atom is -0.441 e. The van der Waals surface area contributed by atoms with Crippen LogP contribution < -0.4 is 0 Å². The maximum atomic E-state index is 5.31. The van der Waals surface area contributed by atoms with E-state index in [0.717, 1.165) is 68.0 Å². The normalized spacial score (nSPS) is 10.7. The van der Waals surface area contributed by atoms with Gasteiger partial charge >= 0.3 is 0 Å². The van der Waals surface area contributed by atoms with Crippen molar-refractivity contribution in [3.05, 3.63) is 119 Å². The maximum absolute atomic E-state index is 5.31. The molecule has 8 rings (SSSR count). The lowest BCUT2D eigenvalue weighted by Gasteiger charge is -1.87. The summed E-state index contributed by atoms with van der Waals surface area (Å²) in [5.74, 6) is 2.91. The van der Waals surface area contributed by atoms with Gasteiger partial charge in [0.2, 0.25) is 0 Å². The molecule has 44 heavy (non-hydrogen) atoms. The lowest BCUT2D eigenvalue weighted by atomic mass is 10.2. The van der Waals surface area contributed by atoms with Crippen molar-refractivity contribution in [2.75, 3.05) is 0 Å². The van der Waals surface area contributed by atoms with E-state index in [-0.39, 0.29) is 0 Å². The van der Waals surface area contributed by atoms with E-state index in [9.17, 15) is 0 Å². The first kappa shape index (κ1) is 30.2. The molecule has 0 saturated heterocycles. The second-order valence-corrected chi connectivity index (χ2v) is 10.8. The van der Waals surface area contributed by atoms with Crippen molar-refractivity contribution in [1.82, 2.24) is 19.9 Å². The van der Waals surface area contributed by atoms with Crippen LogP contribution in [0.4, 0.5) is 0 Å². The Labute approximate surface area is 255 Å². The molecule has 0 radical (unpaired) electrons. The van der Waals surface area contributed by atoms with Crippen LogP contribution in [-0.2, 0) is 0 Å². The molecule has 0 aliphatic heterocycles. The van der Waals surface area contributed by atoms with Crippen molar-refractivity contribution in [2.24, 2.45) is 0 Å². The van der Waals surface area contributed by atoms with Gasteiger partial charge in [0, 0.05) is 27.7 Å². The van der Waals surface area contributed by atoms with Crippen LogP contribution in [0.3, 0.4) is 0 Å². The second-order valence-electron chi connectivity index (χ2n) is 10.8. The molecule has 0 bridgehead atoms. The molecule has 0 atom stereocenters. The minimum atomic E-state index is 0.727. The van der Waals surface area contributed by atoms with Gasteiger partial charge in [0.25, 0.3) is 0 Å². The molecule has 0 fully saturated rings. The van der Waals surface area contributed by atoms with Crippen LogP contribution in [-0.4, -0.2) is 19.9 Å². The maximum Gasteiger partial charge on any atom is 0.192 e. The van der Waals surface area contributed by atoms with E-state index in [2.05, 4.69) is 19.9 Å². The molecule has 0 aliphatic rings. The highest BCUT2D eigenvalue weighted by molar-refractivity contribution is 5.75. The molecule has 8 heteroatoms. The van der Waals surface area contributed by atoms with Gasteiger partial charge in [0.05, 0.1) is 0 Å². The van der Waals surface area contributed by atoms with Gasteiger partial charge < -0.3 is 17.7 Å². The summed E-state index contributed by atoms with van der Waals surface area (Å²) >= 11 is 0. The zero-order valence-corrected chi connectivity index (χ0v) is 26.4. The molecule has 0 aliphatic carbocycles. The Kier molecular flexibility index (Phi) is 8.90. The first-order valence-electron chi connectivity index (χ1n) is 14.4. The number of aryl methyl sites for hydroxylation is 8. The van der Waals surface area contributed by atoms with Crippen LogP contribution in [0.2, 0.25) is 0 Å². The van der Waals surface area contributed by atoms with E-state index >= 15 is 0 Å². The Hall–Kier alpha value is -5.24. The SMILES string of the molecule is Cc1ccc2oc(C)nc2c1.Cc1ccc2oc(C)nc2c1.Cc1ccc2oc(C)nc2c1.Cc1ccc2oc(C)nc2c1. The number of hydrogen-bond donors (Lipinski definition) is 0. The monoisotopic (exact) mass is 588 g/mol. The number of fused-ring (bicyclic) bond motifs is 4. The topological polar surface area (TPSA) is 104 Å². The quantitative estimate of drug-likeness (QED) is 0.172. The smallest absolute Gasteiger partial charge is 0.192 e. The molecule has 4 heterocycles. The summed E-state index contributed by atoms with van der Waals surface area (Å²) in [7, 11) is 0. The first-order valence-corrected chi connectivity index (χ1v) is 14.4. The van der Waals surface area contributed by atoms with E-state index in [1.54, 1.807) is 0 Å². The van der Waals surface area contributed by atoms with Gasteiger partial charge in [0.1, 0.15) is 22.1 Å². The third-order valence-electron chi connectivity index (χ3n) is 6.60. The molecule has 4 aromatic carbocycles. The summed E-state index contributed by atoms with van der Waals surface area (Å²) in [6, 6.07) is 24.0. The Morgan fingerprint density at radius 2 is 0.523 bits per heavy atom. The number of nitrogens with zero attached hydrogens (tertiary/aromatic N) is 4. The molecular formula is C36H36N4O4. The average molecular weight is 589 g/mol. The highest BCUT2D eigenvalue weighted by Crippen LogP contribution is 2.18. The fourth-order valence-corrected chi connectivity index (χ4v) is 4.61. The molecule has 0 N–H and O–H groups in total. The molecule has 0 amide bonds. The highest BCUT2D eigenvalue weighted by atomic mass is 16.4. The first-order chi connectivity index (χ1) is 21.0. The van der Waals surface area contributed by atoms with E-state index in [0.29, 0.717) is 0 Å². The van der Waals surface area contributed by atoms with Crippen molar-refractivity contribution in [1.29, 1.82) is 0 Å². The molecule has 0 spiro atoms. The zero-order chi connectivity index (χ0) is 31.4. The predicted octanol–water partition coefficient (Wildman–Crippen LogP) is 9.78. The van der Waals surface area contributed by atoms with Gasteiger partial charge in [-0.3, -0.25) is 0 Å². The number of oxazole rings is 4. The zero-order valence-electron chi connectivity index (χ0n) is 26.4. The number of hydrogen-bond acceptors (Lipinski definition) is 8. The number of rotatable bonds is 0. The number of benzene rings is 4. The van der Waals surface area contributed by atoms with Crippen molar-refractivity contribution in [3.8, 4) is 0 Å². The molecule has 224 valence electrons. The highest BCUT2D eigenvalue weighted by Gasteiger charge is 2.02.